The van der Waals surface area contributed by atoms with Crippen LogP contribution < -0.4 is 15.5 Å². The molecule has 252 valence electrons. The number of piperidine rings is 1. The molecular weight excluding hydrogens is 617 g/mol. The van der Waals surface area contributed by atoms with Crippen molar-refractivity contribution in [1.29, 1.82) is 0 Å². The highest BCUT2D eigenvalue weighted by molar-refractivity contribution is 5.92. The second kappa shape index (κ2) is 14.7. The van der Waals surface area contributed by atoms with Crippen molar-refractivity contribution >= 4 is 23.4 Å². The van der Waals surface area contributed by atoms with Crippen molar-refractivity contribution in [1.82, 2.24) is 40.0 Å². The number of rotatable bonds is 8. The SMILES string of the molecule is CCn1nccc1C(=O)NC(c1cn2nc(CC3CCCNC3=O)c(N3CCOCC3)nc2n1)C1CCC(F)(F)CC1.FC(F)F. The van der Waals surface area contributed by atoms with E-state index in [0.717, 1.165) is 12.8 Å². The highest BCUT2D eigenvalue weighted by atomic mass is 19.4. The number of amides is 2. The lowest BCUT2D eigenvalue weighted by atomic mass is 9.81. The van der Waals surface area contributed by atoms with Gasteiger partial charge >= 0.3 is 6.68 Å². The summed E-state index contributed by atoms with van der Waals surface area (Å²) in [6, 6.07) is 1.02. The van der Waals surface area contributed by atoms with Gasteiger partial charge < -0.3 is 20.3 Å². The molecule has 3 aliphatic rings. The molecule has 5 heterocycles. The van der Waals surface area contributed by atoms with Crippen molar-refractivity contribution in [3.05, 3.63) is 35.5 Å². The van der Waals surface area contributed by atoms with Crippen LogP contribution in [0.3, 0.4) is 0 Å². The first-order valence-corrected chi connectivity index (χ1v) is 15.5. The van der Waals surface area contributed by atoms with Gasteiger partial charge in [-0.2, -0.15) is 28.4 Å². The lowest BCUT2D eigenvalue weighted by Crippen LogP contribution is -2.40. The van der Waals surface area contributed by atoms with Crippen molar-refractivity contribution in [2.24, 2.45) is 11.8 Å². The average molecular weight is 656 g/mol. The fourth-order valence-corrected chi connectivity index (χ4v) is 6.26. The van der Waals surface area contributed by atoms with Gasteiger partial charge in [-0.3, -0.25) is 14.3 Å². The summed E-state index contributed by atoms with van der Waals surface area (Å²) in [6.45, 7) is 1.83. The molecule has 2 saturated heterocycles. The summed E-state index contributed by atoms with van der Waals surface area (Å²) in [6.07, 6.45) is 5.44. The monoisotopic (exact) mass is 655 g/mol. The Hall–Kier alpha value is -3.89. The largest absolute Gasteiger partial charge is 0.379 e. The lowest BCUT2D eigenvalue weighted by molar-refractivity contribution is -0.126. The third-order valence-corrected chi connectivity index (χ3v) is 8.62. The zero-order valence-corrected chi connectivity index (χ0v) is 25.5. The maximum atomic E-state index is 14.1. The molecule has 3 fully saturated rings. The Labute approximate surface area is 262 Å². The molecule has 12 nitrogen and oxygen atoms in total. The molecule has 3 aromatic heterocycles. The molecule has 1 saturated carbocycles. The minimum atomic E-state index is -3.67. The quantitative estimate of drug-likeness (QED) is 0.351. The van der Waals surface area contributed by atoms with Crippen LogP contribution in [-0.2, 0) is 22.5 Å². The van der Waals surface area contributed by atoms with E-state index in [1.165, 1.54) is 0 Å². The number of carbonyl (C=O) groups is 2. The van der Waals surface area contributed by atoms with E-state index in [4.69, 9.17) is 19.8 Å². The van der Waals surface area contributed by atoms with Crippen LogP contribution >= 0.6 is 0 Å². The smallest absolute Gasteiger partial charge is 0.378 e. The first-order chi connectivity index (χ1) is 22.0. The van der Waals surface area contributed by atoms with E-state index in [0.29, 0.717) is 74.5 Å². The van der Waals surface area contributed by atoms with Gasteiger partial charge in [-0.25, -0.2) is 18.3 Å². The number of nitrogens with zero attached hydrogens (tertiary/aromatic N) is 7. The minimum absolute atomic E-state index is 0.0191. The number of fused-ring (bicyclic) bond motifs is 1. The van der Waals surface area contributed by atoms with Crippen LogP contribution in [0.1, 0.15) is 73.4 Å². The number of anilines is 1. The molecule has 2 unspecified atom stereocenters. The van der Waals surface area contributed by atoms with E-state index in [1.807, 2.05) is 6.92 Å². The number of halogens is 5. The van der Waals surface area contributed by atoms with Crippen molar-refractivity contribution < 1.29 is 36.3 Å². The molecular formula is C29H38F5N9O3. The topological polar surface area (TPSA) is 132 Å². The van der Waals surface area contributed by atoms with Crippen LogP contribution in [0.5, 0.6) is 0 Å². The molecule has 0 aromatic carbocycles. The number of carbonyl (C=O) groups excluding carboxylic acids is 2. The van der Waals surface area contributed by atoms with Gasteiger partial charge in [0.15, 0.2) is 5.82 Å². The number of aromatic nitrogens is 6. The standard InChI is InChI=1S/C28H37F2N9O3.CHF3/c1-2-38-22(7-11-32-38)26(41)34-23(18-5-8-28(29,30)9-6-18)21-17-39-27(33-21)35-24(37-12-14-42-15-13-37)20(36-39)16-19-4-3-10-31-25(19)40;2-1(3)4/h7,11,17-19,23H,2-6,8-10,12-16H2,1H3,(H,31,40)(H,34,41);1H. The van der Waals surface area contributed by atoms with Crippen LogP contribution in [-0.4, -0.2) is 86.6 Å². The van der Waals surface area contributed by atoms with Crippen LogP contribution in [0.25, 0.3) is 5.78 Å². The zero-order chi connectivity index (χ0) is 32.8. The second-order valence-corrected chi connectivity index (χ2v) is 11.7. The predicted molar refractivity (Wildman–Crippen MR) is 155 cm³/mol. The molecule has 17 heteroatoms. The molecule has 0 spiro atoms. The Bertz CT molecular complexity index is 1480. The Morgan fingerprint density at radius 1 is 1.15 bits per heavy atom. The molecule has 2 atom stereocenters. The molecule has 2 aliphatic heterocycles. The molecule has 0 radical (unpaired) electrons. The van der Waals surface area contributed by atoms with Gasteiger partial charge in [0.2, 0.25) is 11.8 Å². The van der Waals surface area contributed by atoms with Gasteiger partial charge in [-0.05, 0) is 44.6 Å². The van der Waals surface area contributed by atoms with Crippen LogP contribution in [0.15, 0.2) is 18.5 Å². The number of ether oxygens (including phenoxy) is 1. The number of alkyl halides is 5. The fourth-order valence-electron chi connectivity index (χ4n) is 6.26. The fraction of sp³-hybridized carbons (Fsp3) is 0.655. The van der Waals surface area contributed by atoms with Gasteiger partial charge in [-0.15, -0.1) is 0 Å². The van der Waals surface area contributed by atoms with E-state index in [-0.39, 0.29) is 49.3 Å². The van der Waals surface area contributed by atoms with E-state index in [9.17, 15) is 31.5 Å². The summed E-state index contributed by atoms with van der Waals surface area (Å²) in [5.74, 6) is -2.44. The van der Waals surface area contributed by atoms with Crippen molar-refractivity contribution in [3.8, 4) is 0 Å². The predicted octanol–water partition coefficient (Wildman–Crippen LogP) is 3.72. The molecule has 46 heavy (non-hydrogen) atoms. The van der Waals surface area contributed by atoms with Gasteiger partial charge in [0.25, 0.3) is 11.7 Å². The van der Waals surface area contributed by atoms with E-state index in [1.54, 1.807) is 27.7 Å². The van der Waals surface area contributed by atoms with Gasteiger partial charge in [0.05, 0.1) is 31.1 Å². The van der Waals surface area contributed by atoms with E-state index < -0.39 is 18.6 Å². The number of hydrogen-bond donors (Lipinski definition) is 2. The maximum absolute atomic E-state index is 14.1. The van der Waals surface area contributed by atoms with Crippen LogP contribution in [0.2, 0.25) is 0 Å². The number of nitrogens with one attached hydrogen (secondary N) is 2. The normalized spacial score (nSPS) is 21.1. The highest BCUT2D eigenvalue weighted by Crippen LogP contribution is 2.41. The summed E-state index contributed by atoms with van der Waals surface area (Å²) >= 11 is 0. The minimum Gasteiger partial charge on any atom is -0.378 e. The first kappa shape index (κ1) is 33.5. The van der Waals surface area contributed by atoms with E-state index >= 15 is 0 Å². The van der Waals surface area contributed by atoms with Gasteiger partial charge in [0.1, 0.15) is 11.4 Å². The third kappa shape index (κ3) is 8.09. The van der Waals surface area contributed by atoms with Crippen LogP contribution in [0.4, 0.5) is 27.8 Å². The van der Waals surface area contributed by atoms with Crippen LogP contribution in [0, 0.1) is 11.8 Å². The van der Waals surface area contributed by atoms with E-state index in [2.05, 4.69) is 20.6 Å². The molecule has 0 bridgehead atoms. The summed E-state index contributed by atoms with van der Waals surface area (Å²) in [5.41, 5.74) is 1.60. The summed E-state index contributed by atoms with van der Waals surface area (Å²) in [5, 5.41) is 15.1. The molecule has 6 rings (SSSR count). The number of imidazole rings is 1. The van der Waals surface area contributed by atoms with Gasteiger partial charge in [0, 0.05) is 57.6 Å². The lowest BCUT2D eigenvalue weighted by Gasteiger charge is -2.33. The number of hydrogen-bond acceptors (Lipinski definition) is 8. The van der Waals surface area contributed by atoms with Crippen molar-refractivity contribution in [2.75, 3.05) is 37.7 Å². The molecule has 2 N–H and O–H groups in total. The first-order valence-electron chi connectivity index (χ1n) is 15.5. The molecule has 2 amide bonds. The number of aryl methyl sites for hydroxylation is 1. The highest BCUT2D eigenvalue weighted by Gasteiger charge is 2.40. The zero-order valence-electron chi connectivity index (χ0n) is 25.5. The number of morpholine rings is 1. The Kier molecular flexibility index (Phi) is 10.7. The van der Waals surface area contributed by atoms with Gasteiger partial charge in [-0.1, -0.05) is 0 Å². The summed E-state index contributed by atoms with van der Waals surface area (Å²) in [7, 11) is 0. The van der Waals surface area contributed by atoms with Crippen molar-refractivity contribution in [3.63, 3.8) is 0 Å². The maximum Gasteiger partial charge on any atom is 0.379 e. The Morgan fingerprint density at radius 2 is 1.87 bits per heavy atom. The average Bonchev–Trinajstić information content (AvgIpc) is 3.68. The third-order valence-electron chi connectivity index (χ3n) is 8.62. The molecule has 1 aliphatic carbocycles. The molecule has 3 aromatic rings. The second-order valence-electron chi connectivity index (χ2n) is 11.7. The summed E-state index contributed by atoms with van der Waals surface area (Å²) in [4.78, 5) is 37.8. The Balaban J connectivity index is 0.000000985. The van der Waals surface area contributed by atoms with Crippen molar-refractivity contribution in [2.45, 2.75) is 77.1 Å². The summed E-state index contributed by atoms with van der Waals surface area (Å²) < 4.78 is 65.9. The Morgan fingerprint density at radius 3 is 2.54 bits per heavy atom.